The van der Waals surface area contributed by atoms with Gasteiger partial charge >= 0.3 is 0 Å². The molecule has 8 heteroatoms. The Morgan fingerprint density at radius 2 is 1.74 bits per heavy atom. The molecular weight excluding hydrogens is 450 g/mol. The molecule has 0 amide bonds. The Morgan fingerprint density at radius 1 is 1.03 bits per heavy atom. The third-order valence-electron chi connectivity index (χ3n) is 6.04. The van der Waals surface area contributed by atoms with Crippen molar-refractivity contribution in [1.82, 2.24) is 3.97 Å². The molecule has 1 aromatic heterocycles. The van der Waals surface area contributed by atoms with E-state index < -0.39 is 15.9 Å². The third kappa shape index (κ3) is 3.29. The summed E-state index contributed by atoms with van der Waals surface area (Å²) in [6.07, 6.45) is 1.51. The van der Waals surface area contributed by atoms with Gasteiger partial charge < -0.3 is 15.2 Å². The molecule has 5 rings (SSSR count). The third-order valence-corrected chi connectivity index (χ3v) is 7.75. The van der Waals surface area contributed by atoms with Crippen LogP contribution in [0, 0.1) is 18.3 Å². The van der Waals surface area contributed by atoms with Crippen LogP contribution in [0.2, 0.25) is 0 Å². The van der Waals surface area contributed by atoms with Gasteiger partial charge in [0.25, 0.3) is 10.0 Å². The Balaban J connectivity index is 1.68. The van der Waals surface area contributed by atoms with Gasteiger partial charge in [-0.05, 0) is 48.9 Å². The van der Waals surface area contributed by atoms with Crippen LogP contribution in [0.25, 0.3) is 10.9 Å². The summed E-state index contributed by atoms with van der Waals surface area (Å²) in [7, 11) is -2.23. The van der Waals surface area contributed by atoms with E-state index in [1.807, 2.05) is 31.2 Å². The lowest BCUT2D eigenvalue weighted by atomic mass is 9.83. The minimum atomic E-state index is -3.82. The molecule has 1 unspecified atom stereocenters. The number of allylic oxidation sites excluding steroid dienone is 1. The van der Waals surface area contributed by atoms with Gasteiger partial charge in [0.05, 0.1) is 23.4 Å². The smallest absolute Gasteiger partial charge is 0.268 e. The van der Waals surface area contributed by atoms with Crippen LogP contribution < -0.4 is 15.2 Å². The molecule has 1 atom stereocenters. The van der Waals surface area contributed by atoms with Crippen LogP contribution in [0.15, 0.2) is 89.3 Å². The number of nitrogens with two attached hydrogens (primary N) is 1. The molecule has 0 spiro atoms. The van der Waals surface area contributed by atoms with Crippen LogP contribution in [-0.4, -0.2) is 19.5 Å². The summed E-state index contributed by atoms with van der Waals surface area (Å²) in [6, 6.07) is 21.5. The standard InChI is InChI=1S/C26H21N3O4S/c1-16-3-9-19(10-4-16)34(30,31)29-14-13-20-23(29)12-11-21-24(17-5-7-18(32-2)8-6-17)22(15-27)26(28)33-25(20)21/h3-14,24H,28H2,1-2H3. The van der Waals surface area contributed by atoms with Crippen LogP contribution in [0.1, 0.15) is 22.6 Å². The lowest BCUT2D eigenvalue weighted by Gasteiger charge is -2.27. The monoisotopic (exact) mass is 471 g/mol. The van der Waals surface area contributed by atoms with Crippen LogP contribution in [0.4, 0.5) is 0 Å². The van der Waals surface area contributed by atoms with Gasteiger partial charge in [-0.15, -0.1) is 0 Å². The first-order valence-electron chi connectivity index (χ1n) is 10.5. The fraction of sp³-hybridized carbons (Fsp3) is 0.115. The lowest BCUT2D eigenvalue weighted by molar-refractivity contribution is 0.398. The Labute approximate surface area is 197 Å². The summed E-state index contributed by atoms with van der Waals surface area (Å²) < 4.78 is 39.0. The Bertz CT molecular complexity index is 1590. The number of hydrogen-bond donors (Lipinski definition) is 1. The number of nitriles is 1. The van der Waals surface area contributed by atoms with Gasteiger partial charge in [-0.25, -0.2) is 12.4 Å². The van der Waals surface area contributed by atoms with Crippen LogP contribution >= 0.6 is 0 Å². The highest BCUT2D eigenvalue weighted by atomic mass is 32.2. The second-order valence-electron chi connectivity index (χ2n) is 8.04. The molecule has 0 aliphatic carbocycles. The number of benzene rings is 3. The van der Waals surface area contributed by atoms with Crippen LogP contribution in [0.5, 0.6) is 11.5 Å². The summed E-state index contributed by atoms with van der Waals surface area (Å²) in [4.78, 5) is 0.191. The van der Waals surface area contributed by atoms with Gasteiger partial charge in [0.1, 0.15) is 23.1 Å². The van der Waals surface area contributed by atoms with Crippen LogP contribution in [0.3, 0.4) is 0 Å². The zero-order chi connectivity index (χ0) is 24.0. The molecule has 1 aliphatic heterocycles. The van der Waals surface area contributed by atoms with E-state index in [-0.39, 0.29) is 10.8 Å². The molecule has 0 radical (unpaired) electrons. The van der Waals surface area contributed by atoms with Crippen molar-refractivity contribution in [3.05, 3.63) is 101 Å². The molecule has 7 nitrogen and oxygen atoms in total. The maximum atomic E-state index is 13.3. The minimum absolute atomic E-state index is 0.00235. The first-order valence-corrected chi connectivity index (χ1v) is 12.0. The summed E-state index contributed by atoms with van der Waals surface area (Å²) in [6.45, 7) is 1.90. The first-order chi connectivity index (χ1) is 16.3. The highest BCUT2D eigenvalue weighted by molar-refractivity contribution is 7.90. The van der Waals surface area contributed by atoms with E-state index in [4.69, 9.17) is 15.2 Å². The normalized spacial score (nSPS) is 15.5. The number of methoxy groups -OCH3 is 1. The molecule has 0 saturated carbocycles. The van der Waals surface area contributed by atoms with E-state index in [9.17, 15) is 13.7 Å². The van der Waals surface area contributed by atoms with Gasteiger partial charge in [-0.1, -0.05) is 35.9 Å². The summed E-state index contributed by atoms with van der Waals surface area (Å²) in [5.74, 6) is 0.673. The van der Waals surface area contributed by atoms with E-state index in [2.05, 4.69) is 6.07 Å². The Morgan fingerprint density at radius 3 is 2.38 bits per heavy atom. The molecule has 3 aromatic carbocycles. The lowest BCUT2D eigenvalue weighted by Crippen LogP contribution is -2.21. The maximum Gasteiger partial charge on any atom is 0.268 e. The summed E-state index contributed by atoms with van der Waals surface area (Å²) >= 11 is 0. The number of nitrogens with zero attached hydrogens (tertiary/aromatic N) is 2. The van der Waals surface area contributed by atoms with Gasteiger partial charge in [0.2, 0.25) is 5.88 Å². The van der Waals surface area contributed by atoms with Crippen molar-refractivity contribution in [2.24, 2.45) is 5.73 Å². The highest BCUT2D eigenvalue weighted by Crippen LogP contribution is 2.46. The molecule has 1 aliphatic rings. The van der Waals surface area contributed by atoms with Crippen molar-refractivity contribution in [2.45, 2.75) is 17.7 Å². The average Bonchev–Trinajstić information content (AvgIpc) is 3.29. The fourth-order valence-corrected chi connectivity index (χ4v) is 5.63. The molecule has 0 fully saturated rings. The van der Waals surface area contributed by atoms with Crippen molar-refractivity contribution < 1.29 is 17.9 Å². The van der Waals surface area contributed by atoms with E-state index >= 15 is 0 Å². The van der Waals surface area contributed by atoms with Crippen molar-refractivity contribution >= 4 is 20.9 Å². The Kier molecular flexibility index (Phi) is 5.07. The van der Waals surface area contributed by atoms with Crippen molar-refractivity contribution in [3.8, 4) is 17.6 Å². The fourth-order valence-electron chi connectivity index (χ4n) is 4.28. The number of hydrogen-bond acceptors (Lipinski definition) is 6. The number of aromatic nitrogens is 1. The average molecular weight is 472 g/mol. The molecule has 34 heavy (non-hydrogen) atoms. The molecule has 0 saturated heterocycles. The topological polar surface area (TPSA) is 107 Å². The van der Waals surface area contributed by atoms with Gasteiger partial charge in [0, 0.05) is 17.1 Å². The SMILES string of the molecule is COc1ccc(C2C(C#N)=C(N)Oc3c2ccc2c3ccn2S(=O)(=O)c2ccc(C)cc2)cc1. The predicted molar refractivity (Wildman–Crippen MR) is 128 cm³/mol. The quantitative estimate of drug-likeness (QED) is 0.472. The molecule has 2 heterocycles. The number of fused-ring (bicyclic) bond motifs is 3. The second kappa shape index (κ2) is 7.97. The van der Waals surface area contributed by atoms with Gasteiger partial charge in [-0.2, -0.15) is 5.26 Å². The number of rotatable bonds is 4. The maximum absolute atomic E-state index is 13.3. The van der Waals surface area contributed by atoms with E-state index in [1.54, 1.807) is 49.6 Å². The predicted octanol–water partition coefficient (Wildman–Crippen LogP) is 4.41. The summed E-state index contributed by atoms with van der Waals surface area (Å²) in [5.41, 5.74) is 9.46. The van der Waals surface area contributed by atoms with Gasteiger partial charge in [0.15, 0.2) is 0 Å². The van der Waals surface area contributed by atoms with E-state index in [1.165, 1.54) is 10.2 Å². The molecular formula is C26H21N3O4S. The van der Waals surface area contributed by atoms with Crippen molar-refractivity contribution in [2.75, 3.05) is 7.11 Å². The van der Waals surface area contributed by atoms with E-state index in [0.717, 1.165) is 16.7 Å². The zero-order valence-electron chi connectivity index (χ0n) is 18.5. The largest absolute Gasteiger partial charge is 0.497 e. The number of aryl methyl sites for hydroxylation is 1. The van der Waals surface area contributed by atoms with Crippen LogP contribution in [-0.2, 0) is 10.0 Å². The summed E-state index contributed by atoms with van der Waals surface area (Å²) in [5, 5.41) is 10.4. The van der Waals surface area contributed by atoms with E-state index in [0.29, 0.717) is 28.0 Å². The molecule has 4 aromatic rings. The van der Waals surface area contributed by atoms with Crippen molar-refractivity contribution in [3.63, 3.8) is 0 Å². The molecule has 170 valence electrons. The van der Waals surface area contributed by atoms with Gasteiger partial charge in [-0.3, -0.25) is 0 Å². The molecule has 2 N–H and O–H groups in total. The second-order valence-corrected chi connectivity index (χ2v) is 9.86. The highest BCUT2D eigenvalue weighted by Gasteiger charge is 2.33. The van der Waals surface area contributed by atoms with Crippen molar-refractivity contribution in [1.29, 1.82) is 5.26 Å². The first kappa shape index (κ1) is 21.6. The zero-order valence-corrected chi connectivity index (χ0v) is 19.3. The number of ether oxygens (including phenoxy) is 2. The Hall–Kier alpha value is -4.22. The molecule has 0 bridgehead atoms. The minimum Gasteiger partial charge on any atom is -0.497 e.